The van der Waals surface area contributed by atoms with Crippen LogP contribution in [0.25, 0.3) is 0 Å². The van der Waals surface area contributed by atoms with Gasteiger partial charge in [0.15, 0.2) is 0 Å². The Labute approximate surface area is 108 Å². The van der Waals surface area contributed by atoms with Crippen LogP contribution in [0, 0.1) is 6.92 Å². The molecule has 17 heavy (non-hydrogen) atoms. The molecular formula is C13H19ClN2O. The summed E-state index contributed by atoms with van der Waals surface area (Å²) in [7, 11) is 0. The lowest BCUT2D eigenvalue weighted by molar-refractivity contribution is 0.0820. The zero-order chi connectivity index (χ0) is 12.3. The predicted octanol–water partition coefficient (Wildman–Crippen LogP) is 2.74. The van der Waals surface area contributed by atoms with Crippen LogP contribution in [0.5, 0.6) is 0 Å². The van der Waals surface area contributed by atoms with Crippen LogP contribution in [0.2, 0.25) is 0 Å². The molecule has 2 rings (SSSR count). The molecule has 1 aromatic rings. The molecule has 2 heterocycles. The van der Waals surface area contributed by atoms with Gasteiger partial charge in [0, 0.05) is 31.8 Å². The first-order valence-corrected chi connectivity index (χ1v) is 6.62. The summed E-state index contributed by atoms with van der Waals surface area (Å²) >= 11 is 5.81. The fourth-order valence-electron chi connectivity index (χ4n) is 2.22. The van der Waals surface area contributed by atoms with Gasteiger partial charge in [0.05, 0.1) is 6.10 Å². The molecule has 0 aromatic carbocycles. The summed E-state index contributed by atoms with van der Waals surface area (Å²) in [5.74, 6) is 1.59. The Balaban J connectivity index is 2.20. The van der Waals surface area contributed by atoms with Gasteiger partial charge >= 0.3 is 0 Å². The Morgan fingerprint density at radius 1 is 1.59 bits per heavy atom. The lowest BCUT2D eigenvalue weighted by Crippen LogP contribution is -2.31. The number of hydrogen-bond donors (Lipinski definition) is 0. The standard InChI is InChI=1S/C13H19ClN2O/c1-10-6-12(7-14)8-15-13(10)16-4-3-5-17-11(2)9-16/h6,8,11H,3-5,7,9H2,1-2H3. The lowest BCUT2D eigenvalue weighted by atomic mass is 10.2. The van der Waals surface area contributed by atoms with Crippen LogP contribution in [-0.2, 0) is 10.6 Å². The van der Waals surface area contributed by atoms with Crippen LogP contribution >= 0.6 is 11.6 Å². The number of halogens is 1. The number of hydrogen-bond acceptors (Lipinski definition) is 3. The van der Waals surface area contributed by atoms with Gasteiger partial charge in [-0.25, -0.2) is 4.98 Å². The maximum absolute atomic E-state index is 5.81. The first kappa shape index (κ1) is 12.7. The maximum Gasteiger partial charge on any atom is 0.131 e. The molecule has 1 atom stereocenters. The van der Waals surface area contributed by atoms with Gasteiger partial charge in [0.2, 0.25) is 0 Å². The average Bonchev–Trinajstić information content (AvgIpc) is 2.53. The number of aryl methyl sites for hydroxylation is 1. The third-order valence-electron chi connectivity index (χ3n) is 3.01. The average molecular weight is 255 g/mol. The second kappa shape index (κ2) is 5.69. The summed E-state index contributed by atoms with van der Waals surface area (Å²) in [5.41, 5.74) is 2.27. The second-order valence-electron chi connectivity index (χ2n) is 4.60. The van der Waals surface area contributed by atoms with Crippen molar-refractivity contribution in [2.24, 2.45) is 0 Å². The van der Waals surface area contributed by atoms with E-state index in [9.17, 15) is 0 Å². The van der Waals surface area contributed by atoms with Crippen molar-refractivity contribution in [2.45, 2.75) is 32.3 Å². The minimum Gasteiger partial charge on any atom is -0.377 e. The summed E-state index contributed by atoms with van der Waals surface area (Å²) in [5, 5.41) is 0. The van der Waals surface area contributed by atoms with Crippen molar-refractivity contribution >= 4 is 17.4 Å². The first-order valence-electron chi connectivity index (χ1n) is 6.08. The molecule has 4 heteroatoms. The highest BCUT2D eigenvalue weighted by atomic mass is 35.5. The molecule has 0 amide bonds. The zero-order valence-electron chi connectivity index (χ0n) is 10.4. The lowest BCUT2D eigenvalue weighted by Gasteiger charge is -2.24. The van der Waals surface area contributed by atoms with Crippen molar-refractivity contribution in [3.8, 4) is 0 Å². The third kappa shape index (κ3) is 3.11. The molecule has 0 radical (unpaired) electrons. The largest absolute Gasteiger partial charge is 0.377 e. The minimum atomic E-state index is 0.270. The molecule has 1 aliphatic heterocycles. The number of ether oxygens (including phenoxy) is 1. The van der Waals surface area contributed by atoms with E-state index < -0.39 is 0 Å². The number of anilines is 1. The monoisotopic (exact) mass is 254 g/mol. The van der Waals surface area contributed by atoms with Crippen LogP contribution < -0.4 is 4.90 Å². The van der Waals surface area contributed by atoms with E-state index in [0.717, 1.165) is 37.5 Å². The van der Waals surface area contributed by atoms with Crippen molar-refractivity contribution < 1.29 is 4.74 Å². The predicted molar refractivity (Wildman–Crippen MR) is 70.8 cm³/mol. The fourth-order valence-corrected chi connectivity index (χ4v) is 2.36. The maximum atomic E-state index is 5.81. The van der Waals surface area contributed by atoms with Crippen molar-refractivity contribution in [3.05, 3.63) is 23.4 Å². The van der Waals surface area contributed by atoms with E-state index in [4.69, 9.17) is 16.3 Å². The van der Waals surface area contributed by atoms with E-state index in [2.05, 4.69) is 29.8 Å². The van der Waals surface area contributed by atoms with Crippen LogP contribution in [0.1, 0.15) is 24.5 Å². The van der Waals surface area contributed by atoms with Gasteiger partial charge in [-0.15, -0.1) is 11.6 Å². The van der Waals surface area contributed by atoms with Gasteiger partial charge in [-0.2, -0.15) is 0 Å². The molecule has 3 nitrogen and oxygen atoms in total. The quantitative estimate of drug-likeness (QED) is 0.759. The van der Waals surface area contributed by atoms with Crippen LogP contribution in [0.15, 0.2) is 12.3 Å². The summed E-state index contributed by atoms with van der Waals surface area (Å²) < 4.78 is 5.65. The third-order valence-corrected chi connectivity index (χ3v) is 3.32. The minimum absolute atomic E-state index is 0.270. The number of alkyl halides is 1. The number of pyridine rings is 1. The Morgan fingerprint density at radius 3 is 3.12 bits per heavy atom. The van der Waals surface area contributed by atoms with E-state index in [0.29, 0.717) is 5.88 Å². The molecule has 0 bridgehead atoms. The highest BCUT2D eigenvalue weighted by Crippen LogP contribution is 2.21. The van der Waals surface area contributed by atoms with Crippen molar-refractivity contribution in [3.63, 3.8) is 0 Å². The van der Waals surface area contributed by atoms with Crippen molar-refractivity contribution in [1.82, 2.24) is 4.98 Å². The van der Waals surface area contributed by atoms with E-state index in [1.54, 1.807) is 0 Å². The molecule has 94 valence electrons. The number of aromatic nitrogens is 1. The first-order chi connectivity index (χ1) is 8.20. The number of nitrogens with zero attached hydrogens (tertiary/aromatic N) is 2. The van der Waals surface area contributed by atoms with Crippen LogP contribution in [0.3, 0.4) is 0 Å². The second-order valence-corrected chi connectivity index (χ2v) is 4.87. The molecule has 1 aliphatic rings. The van der Waals surface area contributed by atoms with Crippen molar-refractivity contribution in [1.29, 1.82) is 0 Å². The smallest absolute Gasteiger partial charge is 0.131 e. The van der Waals surface area contributed by atoms with E-state index in [1.807, 2.05) is 6.20 Å². The topological polar surface area (TPSA) is 25.4 Å². The van der Waals surface area contributed by atoms with Gasteiger partial charge in [-0.1, -0.05) is 0 Å². The van der Waals surface area contributed by atoms with E-state index >= 15 is 0 Å². The molecular weight excluding hydrogens is 236 g/mol. The van der Waals surface area contributed by atoms with E-state index in [-0.39, 0.29) is 6.10 Å². The molecule has 1 fully saturated rings. The molecule has 0 saturated carbocycles. The van der Waals surface area contributed by atoms with Crippen LogP contribution in [-0.4, -0.2) is 30.8 Å². The summed E-state index contributed by atoms with van der Waals surface area (Å²) in [6.07, 6.45) is 3.19. The SMILES string of the molecule is Cc1cc(CCl)cnc1N1CCCOC(C)C1. The van der Waals surface area contributed by atoms with Crippen molar-refractivity contribution in [2.75, 3.05) is 24.6 Å². The van der Waals surface area contributed by atoms with Gasteiger partial charge < -0.3 is 9.64 Å². The Kier molecular flexibility index (Phi) is 4.24. The van der Waals surface area contributed by atoms with Gasteiger partial charge in [0.1, 0.15) is 5.82 Å². The van der Waals surface area contributed by atoms with Gasteiger partial charge in [0.25, 0.3) is 0 Å². The van der Waals surface area contributed by atoms with E-state index in [1.165, 1.54) is 5.56 Å². The Morgan fingerprint density at radius 2 is 2.41 bits per heavy atom. The van der Waals surface area contributed by atoms with Gasteiger partial charge in [-0.05, 0) is 37.5 Å². The van der Waals surface area contributed by atoms with Crippen LogP contribution in [0.4, 0.5) is 5.82 Å². The normalized spacial score (nSPS) is 21.4. The van der Waals surface area contributed by atoms with Gasteiger partial charge in [-0.3, -0.25) is 0 Å². The highest BCUT2D eigenvalue weighted by molar-refractivity contribution is 6.17. The Bertz CT molecular complexity index is 384. The molecule has 0 N–H and O–H groups in total. The molecule has 0 aliphatic carbocycles. The molecule has 1 saturated heterocycles. The molecule has 1 aromatic heterocycles. The molecule has 1 unspecified atom stereocenters. The summed E-state index contributed by atoms with van der Waals surface area (Å²) in [4.78, 5) is 6.85. The summed E-state index contributed by atoms with van der Waals surface area (Å²) in [6, 6.07) is 2.12. The summed E-state index contributed by atoms with van der Waals surface area (Å²) in [6.45, 7) is 6.97. The fraction of sp³-hybridized carbons (Fsp3) is 0.615. The zero-order valence-corrected chi connectivity index (χ0v) is 11.2. The highest BCUT2D eigenvalue weighted by Gasteiger charge is 2.17. The number of rotatable bonds is 2. The molecule has 0 spiro atoms. The Hall–Kier alpha value is -0.800.